The molecule has 1 aromatic carbocycles. The van der Waals surface area contributed by atoms with Crippen LogP contribution in [0.25, 0.3) is 11.3 Å². The zero-order valence-corrected chi connectivity index (χ0v) is 16.1. The number of hydrogen-bond donors (Lipinski definition) is 0. The molecular formula is C22H31FN2O. The van der Waals surface area contributed by atoms with Gasteiger partial charge in [0.15, 0.2) is 11.6 Å². The first-order valence-corrected chi connectivity index (χ1v) is 9.98. The largest absolute Gasteiger partial charge is 0.491 e. The molecule has 0 radical (unpaired) electrons. The van der Waals surface area contributed by atoms with E-state index in [2.05, 4.69) is 23.8 Å². The van der Waals surface area contributed by atoms with Gasteiger partial charge in [-0.3, -0.25) is 9.97 Å². The highest BCUT2D eigenvalue weighted by atomic mass is 19.1. The van der Waals surface area contributed by atoms with Crippen molar-refractivity contribution in [1.82, 2.24) is 9.97 Å². The van der Waals surface area contributed by atoms with E-state index in [1.54, 1.807) is 18.5 Å². The van der Waals surface area contributed by atoms with E-state index in [0.29, 0.717) is 18.1 Å². The third-order valence-electron chi connectivity index (χ3n) is 4.47. The zero-order chi connectivity index (χ0) is 18.6. The Morgan fingerprint density at radius 3 is 2.35 bits per heavy atom. The lowest BCUT2D eigenvalue weighted by molar-refractivity contribution is 0.290. The first-order chi connectivity index (χ1) is 12.7. The molecule has 0 spiro atoms. The molecule has 0 aliphatic rings. The highest BCUT2D eigenvalue weighted by Gasteiger charge is 2.08. The summed E-state index contributed by atoms with van der Waals surface area (Å²) in [5.74, 6) is -0.0294. The maximum Gasteiger partial charge on any atom is 0.165 e. The van der Waals surface area contributed by atoms with E-state index in [1.165, 1.54) is 38.2 Å². The Balaban J connectivity index is 1.87. The molecule has 1 aromatic heterocycles. The van der Waals surface area contributed by atoms with Gasteiger partial charge in [0.25, 0.3) is 0 Å². The van der Waals surface area contributed by atoms with Crippen molar-refractivity contribution in [3.05, 3.63) is 42.1 Å². The van der Waals surface area contributed by atoms with E-state index >= 15 is 0 Å². The Kier molecular flexibility index (Phi) is 9.08. The van der Waals surface area contributed by atoms with Gasteiger partial charge in [-0.25, -0.2) is 4.39 Å². The Bertz CT molecular complexity index is 643. The van der Waals surface area contributed by atoms with Crippen molar-refractivity contribution in [3.63, 3.8) is 0 Å². The maximum absolute atomic E-state index is 14.3. The van der Waals surface area contributed by atoms with Crippen LogP contribution >= 0.6 is 0 Å². The van der Waals surface area contributed by atoms with Crippen LogP contribution in [0, 0.1) is 5.82 Å². The summed E-state index contributed by atoms with van der Waals surface area (Å²) in [7, 11) is 0. The molecule has 0 saturated heterocycles. The monoisotopic (exact) mass is 358 g/mol. The predicted octanol–water partition coefficient (Wildman–Crippen LogP) is 6.36. The molecule has 0 N–H and O–H groups in total. The Hall–Kier alpha value is -1.97. The van der Waals surface area contributed by atoms with E-state index in [-0.39, 0.29) is 5.82 Å². The van der Waals surface area contributed by atoms with E-state index in [9.17, 15) is 4.39 Å². The average molecular weight is 359 g/mol. The van der Waals surface area contributed by atoms with Gasteiger partial charge < -0.3 is 4.74 Å². The molecule has 142 valence electrons. The van der Waals surface area contributed by atoms with Crippen LogP contribution in [0.5, 0.6) is 5.75 Å². The lowest BCUT2D eigenvalue weighted by Gasteiger charge is -2.09. The molecule has 26 heavy (non-hydrogen) atoms. The van der Waals surface area contributed by atoms with Crippen LogP contribution in [0.1, 0.15) is 70.9 Å². The minimum Gasteiger partial charge on any atom is -0.491 e. The molecule has 0 aliphatic carbocycles. The van der Waals surface area contributed by atoms with E-state index in [0.717, 1.165) is 36.9 Å². The van der Waals surface area contributed by atoms with Gasteiger partial charge in [-0.2, -0.15) is 0 Å². The van der Waals surface area contributed by atoms with Crippen molar-refractivity contribution in [1.29, 1.82) is 0 Å². The summed E-state index contributed by atoms with van der Waals surface area (Å²) in [5.41, 5.74) is 2.41. The van der Waals surface area contributed by atoms with Crippen LogP contribution in [0.4, 0.5) is 4.39 Å². The third kappa shape index (κ3) is 6.74. The summed E-state index contributed by atoms with van der Waals surface area (Å²) in [6, 6.07) is 5.01. The molecule has 4 heteroatoms. The van der Waals surface area contributed by atoms with E-state index in [1.807, 2.05) is 6.07 Å². The summed E-state index contributed by atoms with van der Waals surface area (Å²) < 4.78 is 19.8. The Morgan fingerprint density at radius 1 is 0.885 bits per heavy atom. The average Bonchev–Trinajstić information content (AvgIpc) is 2.66. The van der Waals surface area contributed by atoms with Gasteiger partial charge in [0.2, 0.25) is 0 Å². The van der Waals surface area contributed by atoms with Crippen LogP contribution < -0.4 is 4.74 Å². The van der Waals surface area contributed by atoms with Crippen LogP contribution in [-0.4, -0.2) is 16.6 Å². The molecule has 0 fully saturated rings. The van der Waals surface area contributed by atoms with Crippen LogP contribution in [-0.2, 0) is 6.42 Å². The third-order valence-corrected chi connectivity index (χ3v) is 4.47. The second-order valence-corrected chi connectivity index (χ2v) is 6.76. The molecule has 2 rings (SSSR count). The molecule has 0 bridgehead atoms. The van der Waals surface area contributed by atoms with E-state index < -0.39 is 0 Å². The molecule has 3 nitrogen and oxygen atoms in total. The highest BCUT2D eigenvalue weighted by Crippen LogP contribution is 2.24. The smallest absolute Gasteiger partial charge is 0.165 e. The number of nitrogens with zero attached hydrogens (tertiary/aromatic N) is 2. The Labute approximate surface area is 157 Å². The van der Waals surface area contributed by atoms with Crippen LogP contribution in [0.15, 0.2) is 30.6 Å². The maximum atomic E-state index is 14.3. The quantitative estimate of drug-likeness (QED) is 0.414. The predicted molar refractivity (Wildman–Crippen MR) is 105 cm³/mol. The first-order valence-electron chi connectivity index (χ1n) is 9.98. The molecule has 0 amide bonds. The molecule has 0 atom stereocenters. The lowest BCUT2D eigenvalue weighted by atomic mass is 10.1. The molecule has 2 aromatic rings. The van der Waals surface area contributed by atoms with Gasteiger partial charge in [0, 0.05) is 11.8 Å². The number of aromatic nitrogens is 2. The van der Waals surface area contributed by atoms with Crippen molar-refractivity contribution in [3.8, 4) is 17.0 Å². The zero-order valence-electron chi connectivity index (χ0n) is 16.1. The summed E-state index contributed by atoms with van der Waals surface area (Å²) in [6.45, 7) is 4.94. The molecule has 0 aliphatic heterocycles. The number of ether oxygens (including phenoxy) is 1. The second kappa shape index (κ2) is 11.6. The number of rotatable bonds is 12. The molecule has 1 heterocycles. The van der Waals surface area contributed by atoms with E-state index in [4.69, 9.17) is 4.74 Å². The number of unbranched alkanes of at least 4 members (excludes halogenated alkanes) is 6. The minimum absolute atomic E-state index is 0.313. The standard InChI is InChI=1S/C22H31FN2O/c1-3-5-7-8-10-14-26-22-13-12-18(15-20(22)23)21-17-24-19(16-25-21)11-9-6-4-2/h12-13,15-17H,3-11,14H2,1-2H3. The van der Waals surface area contributed by atoms with Gasteiger partial charge in [0.1, 0.15) is 0 Å². The van der Waals surface area contributed by atoms with Crippen LogP contribution in [0.3, 0.4) is 0 Å². The van der Waals surface area contributed by atoms with Gasteiger partial charge in [-0.15, -0.1) is 0 Å². The fourth-order valence-corrected chi connectivity index (χ4v) is 2.85. The molecule has 0 saturated carbocycles. The van der Waals surface area contributed by atoms with Gasteiger partial charge in [0.05, 0.1) is 24.2 Å². The van der Waals surface area contributed by atoms with Crippen molar-refractivity contribution < 1.29 is 9.13 Å². The van der Waals surface area contributed by atoms with Crippen molar-refractivity contribution >= 4 is 0 Å². The lowest BCUT2D eigenvalue weighted by Crippen LogP contribution is -2.00. The van der Waals surface area contributed by atoms with Crippen molar-refractivity contribution in [2.24, 2.45) is 0 Å². The number of hydrogen-bond acceptors (Lipinski definition) is 3. The van der Waals surface area contributed by atoms with Gasteiger partial charge in [-0.05, 0) is 37.5 Å². The van der Waals surface area contributed by atoms with Crippen LogP contribution in [0.2, 0.25) is 0 Å². The summed E-state index contributed by atoms with van der Waals surface area (Å²) in [6.07, 6.45) is 13.8. The Morgan fingerprint density at radius 2 is 1.65 bits per heavy atom. The topological polar surface area (TPSA) is 35.0 Å². The SMILES string of the molecule is CCCCCCCOc1ccc(-c2cnc(CCCCC)cn2)cc1F. The minimum atomic E-state index is -0.343. The van der Waals surface area contributed by atoms with Gasteiger partial charge >= 0.3 is 0 Å². The van der Waals surface area contributed by atoms with Crippen molar-refractivity contribution in [2.75, 3.05) is 6.61 Å². The number of benzene rings is 1. The summed E-state index contributed by atoms with van der Waals surface area (Å²) in [4.78, 5) is 8.88. The highest BCUT2D eigenvalue weighted by molar-refractivity contribution is 5.59. The number of halogens is 1. The molecular weight excluding hydrogens is 327 g/mol. The molecule has 0 unspecified atom stereocenters. The first kappa shape index (κ1) is 20.3. The fraction of sp³-hybridized carbons (Fsp3) is 0.545. The van der Waals surface area contributed by atoms with Gasteiger partial charge in [-0.1, -0.05) is 52.4 Å². The summed E-state index contributed by atoms with van der Waals surface area (Å²) in [5, 5.41) is 0. The fourth-order valence-electron chi connectivity index (χ4n) is 2.85. The number of aryl methyl sites for hydroxylation is 1. The summed E-state index contributed by atoms with van der Waals surface area (Å²) >= 11 is 0. The van der Waals surface area contributed by atoms with Crippen molar-refractivity contribution in [2.45, 2.75) is 71.6 Å². The normalized spacial score (nSPS) is 10.9. The second-order valence-electron chi connectivity index (χ2n) is 6.76.